The van der Waals surface area contributed by atoms with Crippen LogP contribution in [0, 0.1) is 0 Å². The van der Waals surface area contributed by atoms with Gasteiger partial charge >= 0.3 is 5.97 Å². The Hall–Kier alpha value is -3.70. The summed E-state index contributed by atoms with van der Waals surface area (Å²) in [6.45, 7) is 0. The van der Waals surface area contributed by atoms with Crippen LogP contribution < -0.4 is 5.32 Å². The minimum Gasteiger partial charge on any atom is -0.481 e. The standard InChI is InChI=1S/C31H29ClN2O3/c32-25-15-12-21(13-16-25)30-22(7-2-4-11-29(35)36)18-24-19-23(14-17-27(24)33-30)31(37)34-28-10-5-8-20-6-1-3-9-26(20)28/h1,3,6,9,12-19,28H,2,4-5,7-8,10-11H2,(H,34,37)(H,35,36). The van der Waals surface area contributed by atoms with Gasteiger partial charge in [-0.25, -0.2) is 4.98 Å². The number of hydrogen-bond donors (Lipinski definition) is 2. The van der Waals surface area contributed by atoms with E-state index >= 15 is 0 Å². The second-order valence-electron chi connectivity index (χ2n) is 9.63. The third-order valence-electron chi connectivity index (χ3n) is 7.04. The number of rotatable bonds is 8. The molecule has 5 nitrogen and oxygen atoms in total. The van der Waals surface area contributed by atoms with Crippen molar-refractivity contribution in [1.29, 1.82) is 0 Å². The summed E-state index contributed by atoms with van der Waals surface area (Å²) in [7, 11) is 0. The zero-order valence-electron chi connectivity index (χ0n) is 20.5. The second-order valence-corrected chi connectivity index (χ2v) is 10.1. The van der Waals surface area contributed by atoms with Gasteiger partial charge in [0.1, 0.15) is 0 Å². The van der Waals surface area contributed by atoms with Gasteiger partial charge in [-0.2, -0.15) is 0 Å². The van der Waals surface area contributed by atoms with Crippen molar-refractivity contribution < 1.29 is 14.7 Å². The van der Waals surface area contributed by atoms with E-state index in [1.807, 2.05) is 48.5 Å². The number of carbonyl (C=O) groups excluding carboxylic acids is 1. The molecule has 0 bridgehead atoms. The number of nitrogens with one attached hydrogen (secondary N) is 1. The fourth-order valence-corrected chi connectivity index (χ4v) is 5.27. The normalized spacial score (nSPS) is 14.8. The zero-order chi connectivity index (χ0) is 25.8. The van der Waals surface area contributed by atoms with E-state index in [-0.39, 0.29) is 18.4 Å². The Morgan fingerprint density at radius 1 is 1.00 bits per heavy atom. The molecule has 6 heteroatoms. The number of aromatic nitrogens is 1. The molecule has 0 spiro atoms. The largest absolute Gasteiger partial charge is 0.481 e. The maximum atomic E-state index is 13.2. The number of carbonyl (C=O) groups is 2. The highest BCUT2D eigenvalue weighted by molar-refractivity contribution is 6.30. The molecule has 5 rings (SSSR count). The number of aryl methyl sites for hydroxylation is 2. The molecule has 0 aliphatic heterocycles. The molecule has 2 N–H and O–H groups in total. The number of carboxylic acids is 1. The smallest absolute Gasteiger partial charge is 0.303 e. The Labute approximate surface area is 221 Å². The maximum absolute atomic E-state index is 13.2. The summed E-state index contributed by atoms with van der Waals surface area (Å²) in [4.78, 5) is 29.1. The molecule has 0 radical (unpaired) electrons. The Balaban J connectivity index is 1.43. The lowest BCUT2D eigenvalue weighted by molar-refractivity contribution is -0.137. The first-order chi connectivity index (χ1) is 18.0. The van der Waals surface area contributed by atoms with Crippen molar-refractivity contribution in [2.45, 2.75) is 51.0 Å². The second kappa shape index (κ2) is 11.1. The van der Waals surface area contributed by atoms with Gasteiger partial charge in [0.15, 0.2) is 0 Å². The summed E-state index contributed by atoms with van der Waals surface area (Å²) < 4.78 is 0. The van der Waals surface area contributed by atoms with Gasteiger partial charge in [0.05, 0.1) is 17.3 Å². The number of hydrogen-bond acceptors (Lipinski definition) is 3. The molecular formula is C31H29ClN2O3. The van der Waals surface area contributed by atoms with Gasteiger partial charge < -0.3 is 10.4 Å². The molecule has 37 heavy (non-hydrogen) atoms. The summed E-state index contributed by atoms with van der Waals surface area (Å²) in [5, 5.41) is 13.8. The molecule has 1 aliphatic carbocycles. The molecular weight excluding hydrogens is 484 g/mol. The summed E-state index contributed by atoms with van der Waals surface area (Å²) in [6, 6.07) is 23.6. The highest BCUT2D eigenvalue weighted by Gasteiger charge is 2.22. The number of nitrogens with zero attached hydrogens (tertiary/aromatic N) is 1. The highest BCUT2D eigenvalue weighted by Crippen LogP contribution is 2.31. The van der Waals surface area contributed by atoms with E-state index in [2.05, 4.69) is 29.6 Å². The minimum absolute atomic E-state index is 0.0170. The fraction of sp³-hybridized carbons (Fsp3) is 0.258. The lowest BCUT2D eigenvalue weighted by atomic mass is 9.87. The number of fused-ring (bicyclic) bond motifs is 2. The molecule has 0 saturated carbocycles. The summed E-state index contributed by atoms with van der Waals surface area (Å²) in [5.41, 5.74) is 6.77. The topological polar surface area (TPSA) is 79.3 Å². The average molecular weight is 513 g/mol. The van der Waals surface area contributed by atoms with Crippen LogP contribution in [-0.4, -0.2) is 22.0 Å². The number of pyridine rings is 1. The van der Waals surface area contributed by atoms with Crippen LogP contribution in [0.4, 0.5) is 0 Å². The lowest BCUT2D eigenvalue weighted by Crippen LogP contribution is -2.30. The summed E-state index contributed by atoms with van der Waals surface area (Å²) >= 11 is 6.10. The average Bonchev–Trinajstić information content (AvgIpc) is 2.91. The van der Waals surface area contributed by atoms with Gasteiger partial charge in [-0.15, -0.1) is 0 Å². The molecule has 4 aromatic rings. The lowest BCUT2D eigenvalue weighted by Gasteiger charge is -2.26. The van der Waals surface area contributed by atoms with E-state index in [1.165, 1.54) is 11.1 Å². The molecule has 188 valence electrons. The molecule has 0 saturated heterocycles. The van der Waals surface area contributed by atoms with E-state index in [0.29, 0.717) is 23.4 Å². The molecule has 1 aliphatic rings. The first-order valence-electron chi connectivity index (χ1n) is 12.8. The first-order valence-corrected chi connectivity index (χ1v) is 13.2. The van der Waals surface area contributed by atoms with Crippen LogP contribution in [0.3, 0.4) is 0 Å². The summed E-state index contributed by atoms with van der Waals surface area (Å²) in [5.74, 6) is -0.876. The summed E-state index contributed by atoms with van der Waals surface area (Å²) in [6.07, 6.45) is 5.22. The number of benzene rings is 3. The Morgan fingerprint density at radius 3 is 2.62 bits per heavy atom. The SMILES string of the molecule is O=C(O)CCCCc1cc2cc(C(=O)NC3CCCc4ccccc43)ccc2nc1-c1ccc(Cl)cc1. The van der Waals surface area contributed by atoms with Gasteiger partial charge in [0.25, 0.3) is 5.91 Å². The van der Waals surface area contributed by atoms with E-state index in [0.717, 1.165) is 53.4 Å². The van der Waals surface area contributed by atoms with Crippen LogP contribution in [0.25, 0.3) is 22.2 Å². The van der Waals surface area contributed by atoms with Gasteiger partial charge in [0, 0.05) is 28.0 Å². The quantitative estimate of drug-likeness (QED) is 0.245. The first kappa shape index (κ1) is 25.0. The Morgan fingerprint density at radius 2 is 1.81 bits per heavy atom. The van der Waals surface area contributed by atoms with Crippen LogP contribution in [0.2, 0.25) is 5.02 Å². The van der Waals surface area contributed by atoms with E-state index < -0.39 is 5.97 Å². The molecule has 0 fully saturated rings. The van der Waals surface area contributed by atoms with Crippen molar-refractivity contribution in [3.8, 4) is 11.3 Å². The Kier molecular flexibility index (Phi) is 7.52. The molecule has 1 amide bonds. The van der Waals surface area contributed by atoms with E-state index in [9.17, 15) is 9.59 Å². The molecule has 1 atom stereocenters. The van der Waals surface area contributed by atoms with Crippen molar-refractivity contribution in [3.63, 3.8) is 0 Å². The van der Waals surface area contributed by atoms with Crippen LogP contribution in [0.5, 0.6) is 0 Å². The number of amides is 1. The maximum Gasteiger partial charge on any atom is 0.303 e. The third-order valence-corrected chi connectivity index (χ3v) is 7.29. The fourth-order valence-electron chi connectivity index (χ4n) is 5.15. The van der Waals surface area contributed by atoms with Crippen LogP contribution >= 0.6 is 11.6 Å². The van der Waals surface area contributed by atoms with Crippen LogP contribution in [0.15, 0.2) is 72.8 Å². The number of unbranched alkanes of at least 4 members (excludes halogenated alkanes) is 1. The van der Waals surface area contributed by atoms with Gasteiger partial charge in [-0.05, 0) is 91.6 Å². The highest BCUT2D eigenvalue weighted by atomic mass is 35.5. The van der Waals surface area contributed by atoms with Crippen molar-refractivity contribution in [2.24, 2.45) is 0 Å². The van der Waals surface area contributed by atoms with Crippen molar-refractivity contribution in [3.05, 3.63) is 100 Å². The predicted molar refractivity (Wildman–Crippen MR) is 147 cm³/mol. The molecule has 1 unspecified atom stereocenters. The van der Waals surface area contributed by atoms with Gasteiger partial charge in [-0.1, -0.05) is 48.0 Å². The zero-order valence-corrected chi connectivity index (χ0v) is 21.3. The predicted octanol–water partition coefficient (Wildman–Crippen LogP) is 7.16. The van der Waals surface area contributed by atoms with Gasteiger partial charge in [-0.3, -0.25) is 9.59 Å². The molecule has 1 aromatic heterocycles. The molecule has 3 aromatic carbocycles. The third kappa shape index (κ3) is 5.83. The van der Waals surface area contributed by atoms with E-state index in [1.54, 1.807) is 0 Å². The number of aliphatic carboxylic acids is 1. The van der Waals surface area contributed by atoms with Crippen molar-refractivity contribution in [2.75, 3.05) is 0 Å². The molecule has 1 heterocycles. The Bertz CT molecular complexity index is 1450. The van der Waals surface area contributed by atoms with Crippen molar-refractivity contribution in [1.82, 2.24) is 10.3 Å². The van der Waals surface area contributed by atoms with Gasteiger partial charge in [0.2, 0.25) is 0 Å². The van der Waals surface area contributed by atoms with Crippen LogP contribution in [0.1, 0.15) is 65.2 Å². The van der Waals surface area contributed by atoms with Crippen molar-refractivity contribution >= 4 is 34.4 Å². The monoisotopic (exact) mass is 512 g/mol. The van der Waals surface area contributed by atoms with E-state index in [4.69, 9.17) is 21.7 Å². The van der Waals surface area contributed by atoms with Crippen LogP contribution in [-0.2, 0) is 17.6 Å². The number of carboxylic acid groups (broad SMARTS) is 1. The number of halogens is 1. The minimum atomic E-state index is -0.786.